The van der Waals surface area contributed by atoms with Crippen molar-refractivity contribution in [1.29, 1.82) is 0 Å². The molecule has 3 aromatic rings. The van der Waals surface area contributed by atoms with Crippen molar-refractivity contribution in [3.05, 3.63) is 77.9 Å². The van der Waals surface area contributed by atoms with Crippen LogP contribution in [-0.2, 0) is 6.54 Å². The van der Waals surface area contributed by atoms with E-state index in [9.17, 15) is 9.18 Å². The summed E-state index contributed by atoms with van der Waals surface area (Å²) in [6.07, 6.45) is 1.58. The van der Waals surface area contributed by atoms with Crippen LogP contribution in [0.3, 0.4) is 0 Å². The lowest BCUT2D eigenvalue weighted by molar-refractivity contribution is 0.102. The summed E-state index contributed by atoms with van der Waals surface area (Å²) < 4.78 is 13.0. The first-order valence-corrected chi connectivity index (χ1v) is 10.9. The number of anilines is 3. The second-order valence-corrected chi connectivity index (χ2v) is 8.10. The van der Waals surface area contributed by atoms with E-state index in [2.05, 4.69) is 25.5 Å². The van der Waals surface area contributed by atoms with Crippen LogP contribution in [0.2, 0.25) is 0 Å². The Morgan fingerprint density at radius 2 is 1.87 bits per heavy atom. The molecular formula is C22H22FN5OS. The van der Waals surface area contributed by atoms with Gasteiger partial charge in [0.2, 0.25) is 0 Å². The summed E-state index contributed by atoms with van der Waals surface area (Å²) in [6, 6.07) is 15.0. The molecule has 1 amide bonds. The van der Waals surface area contributed by atoms with Gasteiger partial charge in [-0.1, -0.05) is 12.1 Å². The van der Waals surface area contributed by atoms with E-state index in [1.807, 2.05) is 42.1 Å². The average Bonchev–Trinajstić information content (AvgIpc) is 2.79. The van der Waals surface area contributed by atoms with Crippen LogP contribution in [0.4, 0.5) is 21.7 Å². The summed E-state index contributed by atoms with van der Waals surface area (Å²) >= 11 is 1.96. The summed E-state index contributed by atoms with van der Waals surface area (Å²) in [5, 5.41) is 6.17. The van der Waals surface area contributed by atoms with Crippen LogP contribution < -0.4 is 15.5 Å². The van der Waals surface area contributed by atoms with Gasteiger partial charge in [-0.15, -0.1) is 0 Å². The highest BCUT2D eigenvalue weighted by Crippen LogP contribution is 2.20. The molecule has 0 radical (unpaired) electrons. The first kappa shape index (κ1) is 20.2. The number of hydrogen-bond donors (Lipinski definition) is 2. The van der Waals surface area contributed by atoms with Crippen LogP contribution in [-0.4, -0.2) is 40.5 Å². The van der Waals surface area contributed by atoms with E-state index in [1.165, 1.54) is 24.3 Å². The van der Waals surface area contributed by atoms with Gasteiger partial charge in [-0.05, 0) is 42.0 Å². The number of nitrogens with zero attached hydrogens (tertiary/aromatic N) is 3. The fraction of sp³-hybridized carbons (Fsp3) is 0.227. The van der Waals surface area contributed by atoms with Gasteiger partial charge in [0.25, 0.3) is 5.91 Å². The van der Waals surface area contributed by atoms with E-state index in [4.69, 9.17) is 0 Å². The Morgan fingerprint density at radius 1 is 1.07 bits per heavy atom. The molecule has 0 bridgehead atoms. The quantitative estimate of drug-likeness (QED) is 0.624. The Bertz CT molecular complexity index is 1010. The van der Waals surface area contributed by atoms with Gasteiger partial charge in [0.15, 0.2) is 0 Å². The predicted molar refractivity (Wildman–Crippen MR) is 120 cm³/mol. The minimum atomic E-state index is -0.369. The normalized spacial score (nSPS) is 13.7. The summed E-state index contributed by atoms with van der Waals surface area (Å²) in [7, 11) is 0. The lowest BCUT2D eigenvalue weighted by Crippen LogP contribution is -2.33. The van der Waals surface area contributed by atoms with E-state index in [0.717, 1.165) is 41.8 Å². The molecule has 1 fully saturated rings. The molecule has 4 rings (SSSR count). The van der Waals surface area contributed by atoms with Crippen LogP contribution in [0.1, 0.15) is 15.9 Å². The van der Waals surface area contributed by atoms with Gasteiger partial charge in [-0.2, -0.15) is 11.8 Å². The van der Waals surface area contributed by atoms with Crippen molar-refractivity contribution in [3.63, 3.8) is 0 Å². The van der Waals surface area contributed by atoms with Crippen molar-refractivity contribution in [2.75, 3.05) is 40.1 Å². The summed E-state index contributed by atoms with van der Waals surface area (Å²) in [5.74, 6) is 3.28. The largest absolute Gasteiger partial charge is 0.366 e. The van der Waals surface area contributed by atoms with Gasteiger partial charge in [-0.3, -0.25) is 4.79 Å². The second-order valence-electron chi connectivity index (χ2n) is 6.88. The highest BCUT2D eigenvalue weighted by Gasteiger charge is 2.13. The van der Waals surface area contributed by atoms with Gasteiger partial charge in [-0.25, -0.2) is 14.4 Å². The molecule has 2 aromatic carbocycles. The molecule has 0 atom stereocenters. The van der Waals surface area contributed by atoms with Gasteiger partial charge in [0, 0.05) is 48.5 Å². The number of carbonyl (C=O) groups excluding carboxylic acids is 1. The number of halogens is 1. The number of rotatable bonds is 6. The minimum Gasteiger partial charge on any atom is -0.366 e. The van der Waals surface area contributed by atoms with Crippen LogP contribution in [0.5, 0.6) is 0 Å². The van der Waals surface area contributed by atoms with Crippen molar-refractivity contribution in [3.8, 4) is 0 Å². The van der Waals surface area contributed by atoms with Crippen LogP contribution in [0.25, 0.3) is 0 Å². The monoisotopic (exact) mass is 423 g/mol. The maximum Gasteiger partial charge on any atom is 0.255 e. The molecule has 2 N–H and O–H groups in total. The highest BCUT2D eigenvalue weighted by atomic mass is 32.2. The van der Waals surface area contributed by atoms with Gasteiger partial charge < -0.3 is 15.5 Å². The SMILES string of the molecule is O=C(Nc1cccc(CNc2cc(N3CCSCC3)ncn2)c1)c1ccc(F)cc1. The molecule has 0 spiro atoms. The molecule has 8 heteroatoms. The van der Waals surface area contributed by atoms with E-state index in [0.29, 0.717) is 17.8 Å². The maximum atomic E-state index is 13.0. The Labute approximate surface area is 178 Å². The molecule has 0 aliphatic carbocycles. The zero-order valence-electron chi connectivity index (χ0n) is 16.3. The molecule has 6 nitrogen and oxygen atoms in total. The zero-order valence-corrected chi connectivity index (χ0v) is 17.2. The molecule has 1 aliphatic heterocycles. The number of thioether (sulfide) groups is 1. The lowest BCUT2D eigenvalue weighted by atomic mass is 10.1. The highest BCUT2D eigenvalue weighted by molar-refractivity contribution is 7.99. The van der Waals surface area contributed by atoms with E-state index < -0.39 is 0 Å². The van der Waals surface area contributed by atoms with Crippen molar-refractivity contribution in [2.45, 2.75) is 6.54 Å². The Hall–Kier alpha value is -3.13. The third kappa shape index (κ3) is 5.27. The Kier molecular flexibility index (Phi) is 6.44. The summed E-state index contributed by atoms with van der Waals surface area (Å²) in [5.41, 5.74) is 2.09. The molecule has 30 heavy (non-hydrogen) atoms. The average molecular weight is 424 g/mol. The second kappa shape index (κ2) is 9.58. The maximum absolute atomic E-state index is 13.0. The minimum absolute atomic E-state index is 0.278. The number of benzene rings is 2. The summed E-state index contributed by atoms with van der Waals surface area (Å²) in [6.45, 7) is 2.56. The van der Waals surface area contributed by atoms with Crippen LogP contribution in [0.15, 0.2) is 60.9 Å². The Balaban J connectivity index is 1.37. The predicted octanol–water partition coefficient (Wildman–Crippen LogP) is 4.03. The molecule has 1 saturated heterocycles. The molecule has 0 unspecified atom stereocenters. The Morgan fingerprint density at radius 3 is 2.67 bits per heavy atom. The number of nitrogens with one attached hydrogen (secondary N) is 2. The van der Waals surface area contributed by atoms with Gasteiger partial charge >= 0.3 is 0 Å². The first-order chi connectivity index (χ1) is 14.7. The third-order valence-corrected chi connectivity index (χ3v) is 5.70. The van der Waals surface area contributed by atoms with Crippen molar-refractivity contribution in [2.24, 2.45) is 0 Å². The van der Waals surface area contributed by atoms with Crippen molar-refractivity contribution in [1.82, 2.24) is 9.97 Å². The standard InChI is InChI=1S/C22H22FN5OS/c23-18-6-4-17(5-7-18)22(29)27-19-3-1-2-16(12-19)14-24-20-13-21(26-15-25-20)28-8-10-30-11-9-28/h1-7,12-13,15H,8-11,14H2,(H,27,29)(H,24,25,26). The fourth-order valence-electron chi connectivity index (χ4n) is 3.17. The zero-order chi connectivity index (χ0) is 20.8. The third-order valence-electron chi connectivity index (χ3n) is 4.75. The number of aromatic nitrogens is 2. The molecule has 2 heterocycles. The number of amides is 1. The molecule has 1 aliphatic rings. The van der Waals surface area contributed by atoms with E-state index in [1.54, 1.807) is 6.33 Å². The smallest absolute Gasteiger partial charge is 0.255 e. The molecular weight excluding hydrogens is 401 g/mol. The van der Waals surface area contributed by atoms with Crippen molar-refractivity contribution >= 4 is 35.0 Å². The lowest BCUT2D eigenvalue weighted by Gasteiger charge is -2.27. The first-order valence-electron chi connectivity index (χ1n) is 9.72. The molecule has 0 saturated carbocycles. The van der Waals surface area contributed by atoms with Crippen LogP contribution in [0, 0.1) is 5.82 Å². The topological polar surface area (TPSA) is 70.2 Å². The van der Waals surface area contributed by atoms with E-state index in [-0.39, 0.29) is 11.7 Å². The summed E-state index contributed by atoms with van der Waals surface area (Å²) in [4.78, 5) is 23.3. The van der Waals surface area contributed by atoms with Gasteiger partial charge in [0.05, 0.1) is 0 Å². The van der Waals surface area contributed by atoms with Gasteiger partial charge in [0.1, 0.15) is 23.8 Å². The molecule has 1 aromatic heterocycles. The number of carbonyl (C=O) groups is 1. The van der Waals surface area contributed by atoms with Crippen molar-refractivity contribution < 1.29 is 9.18 Å². The fourth-order valence-corrected chi connectivity index (χ4v) is 4.07. The van der Waals surface area contributed by atoms with E-state index >= 15 is 0 Å². The van der Waals surface area contributed by atoms with Crippen LogP contribution >= 0.6 is 11.8 Å². The molecule has 154 valence electrons. The number of hydrogen-bond acceptors (Lipinski definition) is 6.